The highest BCUT2D eigenvalue weighted by molar-refractivity contribution is 5.26. The van der Waals surface area contributed by atoms with Crippen molar-refractivity contribution in [1.29, 1.82) is 0 Å². The van der Waals surface area contributed by atoms with Crippen LogP contribution in [0.25, 0.3) is 0 Å². The largest absolute Gasteiger partial charge is 0.380 e. The van der Waals surface area contributed by atoms with Gasteiger partial charge in [0.2, 0.25) is 0 Å². The maximum Gasteiger partial charge on any atom is 0.123 e. The minimum atomic E-state index is -0.183. The van der Waals surface area contributed by atoms with Crippen LogP contribution in [0.3, 0.4) is 0 Å². The van der Waals surface area contributed by atoms with Crippen molar-refractivity contribution in [3.8, 4) is 0 Å². The van der Waals surface area contributed by atoms with E-state index in [9.17, 15) is 4.39 Å². The van der Waals surface area contributed by atoms with E-state index in [-0.39, 0.29) is 11.9 Å². The average Bonchev–Trinajstić information content (AvgIpc) is 2.23. The molecule has 1 atom stereocenters. The number of methoxy groups -OCH3 is 1. The van der Waals surface area contributed by atoms with Gasteiger partial charge in [-0.3, -0.25) is 0 Å². The third-order valence-corrected chi connectivity index (χ3v) is 2.46. The van der Waals surface area contributed by atoms with Crippen LogP contribution >= 0.6 is 0 Å². The van der Waals surface area contributed by atoms with Gasteiger partial charge < -0.3 is 10.1 Å². The van der Waals surface area contributed by atoms with Crippen LogP contribution in [-0.4, -0.2) is 19.8 Å². The van der Waals surface area contributed by atoms with E-state index < -0.39 is 0 Å². The van der Waals surface area contributed by atoms with E-state index >= 15 is 0 Å². The first kappa shape index (κ1) is 12.1. The fourth-order valence-corrected chi connectivity index (χ4v) is 1.32. The van der Waals surface area contributed by atoms with Crippen molar-refractivity contribution in [2.24, 2.45) is 0 Å². The molecule has 3 heteroatoms. The van der Waals surface area contributed by atoms with E-state index in [1.54, 1.807) is 19.2 Å². The number of ether oxygens (including phenoxy) is 1. The molecule has 0 heterocycles. The van der Waals surface area contributed by atoms with Crippen molar-refractivity contribution in [2.75, 3.05) is 13.7 Å². The van der Waals surface area contributed by atoms with Crippen molar-refractivity contribution < 1.29 is 9.13 Å². The number of aryl methyl sites for hydroxylation is 1. The van der Waals surface area contributed by atoms with Gasteiger partial charge in [-0.2, -0.15) is 0 Å². The van der Waals surface area contributed by atoms with Crippen LogP contribution in [0.2, 0.25) is 0 Å². The van der Waals surface area contributed by atoms with Gasteiger partial charge >= 0.3 is 0 Å². The molecular weight excluding hydrogens is 193 g/mol. The molecule has 0 bridgehead atoms. The minimum Gasteiger partial charge on any atom is -0.380 e. The fourth-order valence-electron chi connectivity index (χ4n) is 1.32. The summed E-state index contributed by atoms with van der Waals surface area (Å²) in [5, 5.41) is 3.23. The summed E-state index contributed by atoms with van der Waals surface area (Å²) in [5.74, 6) is -0.183. The smallest absolute Gasteiger partial charge is 0.123 e. The number of nitrogens with one attached hydrogen (secondary N) is 1. The molecule has 0 radical (unpaired) electrons. The maximum absolute atomic E-state index is 12.9. The molecule has 1 aromatic carbocycles. The molecule has 0 amide bonds. The normalized spacial score (nSPS) is 12.8. The molecular formula is C12H18FNO. The Labute approximate surface area is 90.4 Å². The van der Waals surface area contributed by atoms with Crippen molar-refractivity contribution in [3.63, 3.8) is 0 Å². The molecule has 1 unspecified atom stereocenters. The van der Waals surface area contributed by atoms with Gasteiger partial charge in [0.05, 0.1) is 6.10 Å². The second kappa shape index (κ2) is 5.83. The lowest BCUT2D eigenvalue weighted by Crippen LogP contribution is -2.25. The Balaban J connectivity index is 2.46. The lowest BCUT2D eigenvalue weighted by molar-refractivity contribution is 0.117. The molecule has 0 aliphatic carbocycles. The van der Waals surface area contributed by atoms with Crippen LogP contribution in [0.1, 0.15) is 18.1 Å². The van der Waals surface area contributed by atoms with E-state index in [2.05, 4.69) is 5.32 Å². The van der Waals surface area contributed by atoms with Gasteiger partial charge in [-0.25, -0.2) is 4.39 Å². The first-order valence-corrected chi connectivity index (χ1v) is 5.12. The SMILES string of the molecule is COC(C)CNCc1cc(F)ccc1C. The summed E-state index contributed by atoms with van der Waals surface area (Å²) in [6, 6.07) is 4.85. The fraction of sp³-hybridized carbons (Fsp3) is 0.500. The van der Waals surface area contributed by atoms with E-state index in [0.29, 0.717) is 6.54 Å². The molecule has 0 fully saturated rings. The maximum atomic E-state index is 12.9. The van der Waals surface area contributed by atoms with Crippen molar-refractivity contribution >= 4 is 0 Å². The summed E-state index contributed by atoms with van der Waals surface area (Å²) >= 11 is 0. The van der Waals surface area contributed by atoms with E-state index in [4.69, 9.17) is 4.74 Å². The molecule has 1 rings (SSSR count). The lowest BCUT2D eigenvalue weighted by atomic mass is 10.1. The first-order chi connectivity index (χ1) is 7.13. The molecule has 0 spiro atoms. The highest BCUT2D eigenvalue weighted by atomic mass is 19.1. The second-order valence-corrected chi connectivity index (χ2v) is 3.75. The predicted octanol–water partition coefficient (Wildman–Crippen LogP) is 2.26. The van der Waals surface area contributed by atoms with Crippen molar-refractivity contribution in [3.05, 3.63) is 35.1 Å². The molecule has 15 heavy (non-hydrogen) atoms. The van der Waals surface area contributed by atoms with Gasteiger partial charge in [0.1, 0.15) is 5.82 Å². The third kappa shape index (κ3) is 3.98. The average molecular weight is 211 g/mol. The predicted molar refractivity (Wildman–Crippen MR) is 59.3 cm³/mol. The number of benzene rings is 1. The Hall–Kier alpha value is -0.930. The van der Waals surface area contributed by atoms with E-state index in [1.165, 1.54) is 6.07 Å². The van der Waals surface area contributed by atoms with Crippen LogP contribution in [0.4, 0.5) is 4.39 Å². The third-order valence-electron chi connectivity index (χ3n) is 2.46. The van der Waals surface area contributed by atoms with Gasteiger partial charge in [-0.1, -0.05) is 6.07 Å². The van der Waals surface area contributed by atoms with Crippen LogP contribution in [0.5, 0.6) is 0 Å². The highest BCUT2D eigenvalue weighted by Gasteiger charge is 2.02. The number of hydrogen-bond donors (Lipinski definition) is 1. The zero-order valence-corrected chi connectivity index (χ0v) is 9.51. The molecule has 0 aliphatic heterocycles. The van der Waals surface area contributed by atoms with Gasteiger partial charge in [0, 0.05) is 20.2 Å². The zero-order valence-electron chi connectivity index (χ0n) is 9.51. The van der Waals surface area contributed by atoms with Crippen LogP contribution < -0.4 is 5.32 Å². The standard InChI is InChI=1S/C12H18FNO/c1-9-4-5-12(13)6-11(9)8-14-7-10(2)15-3/h4-6,10,14H,7-8H2,1-3H3. The monoisotopic (exact) mass is 211 g/mol. The topological polar surface area (TPSA) is 21.3 Å². The van der Waals surface area contributed by atoms with Gasteiger partial charge in [-0.15, -0.1) is 0 Å². The number of halogens is 1. The summed E-state index contributed by atoms with van der Waals surface area (Å²) in [4.78, 5) is 0. The number of rotatable bonds is 5. The van der Waals surface area contributed by atoms with Gasteiger partial charge in [-0.05, 0) is 37.1 Å². The highest BCUT2D eigenvalue weighted by Crippen LogP contribution is 2.09. The Kier molecular flexibility index (Phi) is 4.72. The molecule has 0 aromatic heterocycles. The molecule has 1 N–H and O–H groups in total. The van der Waals surface area contributed by atoms with Crippen LogP contribution in [0.15, 0.2) is 18.2 Å². The summed E-state index contributed by atoms with van der Waals surface area (Å²) < 4.78 is 18.1. The Morgan fingerprint density at radius 3 is 2.87 bits per heavy atom. The second-order valence-electron chi connectivity index (χ2n) is 3.75. The van der Waals surface area contributed by atoms with E-state index in [0.717, 1.165) is 17.7 Å². The van der Waals surface area contributed by atoms with Gasteiger partial charge in [0.15, 0.2) is 0 Å². The van der Waals surface area contributed by atoms with E-state index in [1.807, 2.05) is 13.8 Å². The molecule has 1 aromatic rings. The summed E-state index contributed by atoms with van der Waals surface area (Å²) in [6.07, 6.45) is 0.180. The first-order valence-electron chi connectivity index (χ1n) is 5.12. The molecule has 2 nitrogen and oxygen atoms in total. The molecule has 0 aliphatic rings. The molecule has 0 saturated carbocycles. The summed E-state index contributed by atoms with van der Waals surface area (Å²) in [6.45, 7) is 5.42. The molecule has 0 saturated heterocycles. The molecule has 84 valence electrons. The number of hydrogen-bond acceptors (Lipinski definition) is 2. The summed E-state index contributed by atoms with van der Waals surface area (Å²) in [7, 11) is 1.68. The van der Waals surface area contributed by atoms with Crippen LogP contribution in [0, 0.1) is 12.7 Å². The summed E-state index contributed by atoms with van der Waals surface area (Å²) in [5.41, 5.74) is 2.10. The minimum absolute atomic E-state index is 0.180. The lowest BCUT2D eigenvalue weighted by Gasteiger charge is -2.12. The van der Waals surface area contributed by atoms with Crippen molar-refractivity contribution in [1.82, 2.24) is 5.32 Å². The Morgan fingerprint density at radius 2 is 2.20 bits per heavy atom. The Bertz CT molecular complexity index is 314. The Morgan fingerprint density at radius 1 is 1.47 bits per heavy atom. The zero-order chi connectivity index (χ0) is 11.3. The van der Waals surface area contributed by atoms with Crippen LogP contribution in [-0.2, 0) is 11.3 Å². The van der Waals surface area contributed by atoms with Crippen molar-refractivity contribution in [2.45, 2.75) is 26.5 Å². The van der Waals surface area contributed by atoms with Gasteiger partial charge in [0.25, 0.3) is 0 Å². The quantitative estimate of drug-likeness (QED) is 0.806.